The van der Waals surface area contributed by atoms with Crippen LogP contribution in [-0.2, 0) is 11.8 Å². The summed E-state index contributed by atoms with van der Waals surface area (Å²) in [5, 5.41) is 12.8. The lowest BCUT2D eigenvalue weighted by Gasteiger charge is -2.14. The summed E-state index contributed by atoms with van der Waals surface area (Å²) in [7, 11) is 0. The molecule has 2 aromatic carbocycles. The summed E-state index contributed by atoms with van der Waals surface area (Å²) in [5.41, 5.74) is 7.26. The van der Waals surface area contributed by atoms with Crippen molar-refractivity contribution in [2.45, 2.75) is 39.5 Å². The van der Waals surface area contributed by atoms with Crippen molar-refractivity contribution in [1.82, 2.24) is 24.7 Å². The van der Waals surface area contributed by atoms with Gasteiger partial charge in [0.2, 0.25) is 0 Å². The average molecular weight is 568 g/mol. The molecule has 8 heteroatoms. The fourth-order valence-electron chi connectivity index (χ4n) is 4.95. The lowest BCUT2D eigenvalue weighted by molar-refractivity contribution is 0.262. The first-order chi connectivity index (χ1) is 20.7. The molecule has 0 spiro atoms. The van der Waals surface area contributed by atoms with Crippen LogP contribution in [0.5, 0.6) is 0 Å². The van der Waals surface area contributed by atoms with Crippen LogP contribution in [0.3, 0.4) is 0 Å². The molecule has 4 aromatic heterocycles. The summed E-state index contributed by atoms with van der Waals surface area (Å²) in [6.45, 7) is 8.21. The maximum Gasteiger partial charge on any atom is 0.324 e. The Morgan fingerprint density at radius 3 is 2.33 bits per heavy atom. The summed E-state index contributed by atoms with van der Waals surface area (Å²) in [6, 6.07) is 25.6. The van der Waals surface area contributed by atoms with Gasteiger partial charge in [-0.3, -0.25) is 20.3 Å². The predicted molar refractivity (Wildman–Crippen MR) is 172 cm³/mol. The number of aryl methyl sites for hydroxylation is 1. The normalized spacial score (nSPS) is 11.4. The highest BCUT2D eigenvalue weighted by Gasteiger charge is 2.22. The van der Waals surface area contributed by atoms with Crippen molar-refractivity contribution < 1.29 is 4.79 Å². The number of hydrogen-bond donors (Lipinski definition) is 2. The SMILES string of the molecule is Cc1ccc(-n2nc(C(C)(C)C)cc2NC(=O)Nc2ccc(-c3ccc(Cc4ccncc4)nc3)c3ccccc23)cn1. The van der Waals surface area contributed by atoms with Gasteiger partial charge in [-0.2, -0.15) is 5.10 Å². The summed E-state index contributed by atoms with van der Waals surface area (Å²) in [5.74, 6) is 0.562. The number of amides is 2. The number of rotatable bonds is 6. The lowest BCUT2D eigenvalue weighted by atomic mass is 9.92. The second kappa shape index (κ2) is 11.5. The molecule has 6 rings (SSSR count). The maximum absolute atomic E-state index is 13.4. The number of fused-ring (bicyclic) bond motifs is 1. The van der Waals surface area contributed by atoms with Gasteiger partial charge in [-0.1, -0.05) is 57.2 Å². The fraction of sp³-hybridized carbons (Fsp3) is 0.171. The number of anilines is 2. The van der Waals surface area contributed by atoms with Crippen LogP contribution in [0, 0.1) is 6.92 Å². The second-order valence-corrected chi connectivity index (χ2v) is 11.6. The van der Waals surface area contributed by atoms with Crippen LogP contribution in [0.25, 0.3) is 27.6 Å². The Morgan fingerprint density at radius 1 is 0.837 bits per heavy atom. The summed E-state index contributed by atoms with van der Waals surface area (Å²) in [6.07, 6.45) is 8.00. The summed E-state index contributed by atoms with van der Waals surface area (Å²) >= 11 is 0. The van der Waals surface area contributed by atoms with Crippen molar-refractivity contribution in [1.29, 1.82) is 0 Å². The van der Waals surface area contributed by atoms with Crippen molar-refractivity contribution in [2.24, 2.45) is 0 Å². The van der Waals surface area contributed by atoms with E-state index in [9.17, 15) is 4.79 Å². The minimum Gasteiger partial charge on any atom is -0.307 e. The molecule has 0 aliphatic carbocycles. The molecule has 0 saturated heterocycles. The van der Waals surface area contributed by atoms with Gasteiger partial charge in [0.25, 0.3) is 0 Å². The summed E-state index contributed by atoms with van der Waals surface area (Å²) in [4.78, 5) is 26.6. The van der Waals surface area contributed by atoms with Gasteiger partial charge in [0, 0.05) is 58.8 Å². The van der Waals surface area contributed by atoms with Crippen LogP contribution < -0.4 is 10.6 Å². The molecule has 0 atom stereocenters. The number of aromatic nitrogens is 5. The van der Waals surface area contributed by atoms with E-state index >= 15 is 0 Å². The molecule has 6 aromatic rings. The Labute approximate surface area is 250 Å². The molecule has 214 valence electrons. The van der Waals surface area contributed by atoms with Gasteiger partial charge in [-0.05, 0) is 59.8 Å². The van der Waals surface area contributed by atoms with Gasteiger partial charge >= 0.3 is 6.03 Å². The molecule has 2 N–H and O–H groups in total. The Balaban J connectivity index is 1.26. The molecule has 0 unspecified atom stereocenters. The van der Waals surface area contributed by atoms with E-state index in [1.807, 2.05) is 73.8 Å². The zero-order valence-electron chi connectivity index (χ0n) is 24.7. The first kappa shape index (κ1) is 27.8. The Morgan fingerprint density at radius 2 is 1.63 bits per heavy atom. The largest absolute Gasteiger partial charge is 0.324 e. The van der Waals surface area contributed by atoms with Gasteiger partial charge in [-0.15, -0.1) is 0 Å². The highest BCUT2D eigenvalue weighted by atomic mass is 16.2. The molecule has 8 nitrogen and oxygen atoms in total. The van der Waals surface area contributed by atoms with Crippen LogP contribution in [0.15, 0.2) is 104 Å². The standard InChI is InChI=1S/C35H33N7O/c1-23-9-12-27(22-37-23)42-33(20-32(41-42)35(2,3)4)40-34(43)39-31-14-13-28(29-7-5-6-8-30(29)31)25-10-11-26(38-21-25)19-24-15-17-36-18-16-24/h5-18,20-22H,19H2,1-4H3,(H2,39,40,43). The highest BCUT2D eigenvalue weighted by molar-refractivity contribution is 6.09. The number of hydrogen-bond acceptors (Lipinski definition) is 5. The van der Waals surface area contributed by atoms with Gasteiger partial charge in [0.15, 0.2) is 0 Å². The van der Waals surface area contributed by atoms with Gasteiger partial charge < -0.3 is 5.32 Å². The summed E-state index contributed by atoms with van der Waals surface area (Å²) < 4.78 is 1.72. The van der Waals surface area contributed by atoms with Gasteiger partial charge in [0.1, 0.15) is 5.82 Å². The molecule has 0 aliphatic heterocycles. The molecule has 0 aliphatic rings. The third-order valence-corrected chi connectivity index (χ3v) is 7.30. The van der Waals surface area contributed by atoms with Crippen molar-refractivity contribution in [3.63, 3.8) is 0 Å². The van der Waals surface area contributed by atoms with E-state index in [1.165, 1.54) is 5.56 Å². The van der Waals surface area contributed by atoms with Crippen LogP contribution in [-0.4, -0.2) is 30.8 Å². The zero-order valence-corrected chi connectivity index (χ0v) is 24.7. The Bertz CT molecular complexity index is 1890. The van der Waals surface area contributed by atoms with Crippen molar-refractivity contribution in [2.75, 3.05) is 10.6 Å². The van der Waals surface area contributed by atoms with Crippen molar-refractivity contribution in [3.8, 4) is 16.8 Å². The van der Waals surface area contributed by atoms with E-state index in [1.54, 1.807) is 23.3 Å². The van der Waals surface area contributed by atoms with E-state index in [-0.39, 0.29) is 11.4 Å². The smallest absolute Gasteiger partial charge is 0.307 e. The minimum atomic E-state index is -0.360. The third kappa shape index (κ3) is 6.13. The van der Waals surface area contributed by atoms with Crippen molar-refractivity contribution in [3.05, 3.63) is 126 Å². The fourth-order valence-corrected chi connectivity index (χ4v) is 4.95. The number of carbonyl (C=O) groups is 1. The molecular weight excluding hydrogens is 534 g/mol. The topological polar surface area (TPSA) is 97.6 Å². The van der Waals surface area contributed by atoms with Crippen LogP contribution in [0.2, 0.25) is 0 Å². The first-order valence-electron chi connectivity index (χ1n) is 14.2. The van der Waals surface area contributed by atoms with Crippen molar-refractivity contribution >= 4 is 28.3 Å². The van der Waals surface area contributed by atoms with E-state index in [0.29, 0.717) is 11.5 Å². The van der Waals surface area contributed by atoms with E-state index < -0.39 is 0 Å². The number of nitrogens with one attached hydrogen (secondary N) is 2. The van der Waals surface area contributed by atoms with Gasteiger partial charge in [-0.25, -0.2) is 9.48 Å². The molecule has 0 fully saturated rings. The van der Waals surface area contributed by atoms with Gasteiger partial charge in [0.05, 0.1) is 23.3 Å². The van der Waals surface area contributed by atoms with Crippen LogP contribution in [0.4, 0.5) is 16.3 Å². The zero-order chi connectivity index (χ0) is 30.0. The molecule has 0 bridgehead atoms. The predicted octanol–water partition coefficient (Wildman–Crippen LogP) is 7.72. The van der Waals surface area contributed by atoms with E-state index in [4.69, 9.17) is 10.1 Å². The Kier molecular flexibility index (Phi) is 7.42. The third-order valence-electron chi connectivity index (χ3n) is 7.30. The monoisotopic (exact) mass is 567 g/mol. The first-order valence-corrected chi connectivity index (χ1v) is 14.2. The minimum absolute atomic E-state index is 0.200. The number of carbonyl (C=O) groups excluding carboxylic acids is 1. The molecule has 43 heavy (non-hydrogen) atoms. The number of urea groups is 1. The number of benzene rings is 2. The maximum atomic E-state index is 13.4. The molecule has 2 amide bonds. The second-order valence-electron chi connectivity index (χ2n) is 11.6. The van der Waals surface area contributed by atoms with Crippen LogP contribution >= 0.6 is 0 Å². The highest BCUT2D eigenvalue weighted by Crippen LogP contribution is 2.33. The molecule has 4 heterocycles. The molecule has 0 saturated carbocycles. The average Bonchev–Trinajstić information content (AvgIpc) is 3.43. The van der Waals surface area contributed by atoms with Crippen LogP contribution in [0.1, 0.15) is 43.4 Å². The lowest BCUT2D eigenvalue weighted by Crippen LogP contribution is -2.21. The quantitative estimate of drug-likeness (QED) is 0.215. The number of pyridine rings is 3. The van der Waals surface area contributed by atoms with E-state index in [2.05, 4.69) is 59.6 Å². The number of nitrogens with zero attached hydrogens (tertiary/aromatic N) is 5. The molecular formula is C35H33N7O. The Hall–Kier alpha value is -5.37. The molecule has 0 radical (unpaired) electrons. The van der Waals surface area contributed by atoms with E-state index in [0.717, 1.165) is 51.1 Å².